The van der Waals surface area contributed by atoms with E-state index in [1.165, 1.54) is 0 Å². The number of para-hydroxylation sites is 1. The first-order chi connectivity index (χ1) is 13.8. The Bertz CT molecular complexity index is 1010. The van der Waals surface area contributed by atoms with E-state index in [1.807, 2.05) is 35.4 Å². The normalized spacial score (nSPS) is 17.0. The summed E-state index contributed by atoms with van der Waals surface area (Å²) in [5.74, 6) is 0.759. The largest absolute Gasteiger partial charge is 0.378 e. The molecule has 0 radical (unpaired) electrons. The average molecular weight is 379 g/mol. The van der Waals surface area contributed by atoms with Gasteiger partial charge in [0.2, 0.25) is 11.9 Å². The number of amides is 1. The molecule has 2 aromatic heterocycles. The van der Waals surface area contributed by atoms with Crippen LogP contribution >= 0.6 is 0 Å². The first-order valence-electron chi connectivity index (χ1n) is 9.56. The van der Waals surface area contributed by atoms with Crippen LogP contribution < -0.4 is 4.90 Å². The maximum absolute atomic E-state index is 12.9. The van der Waals surface area contributed by atoms with Crippen molar-refractivity contribution in [2.45, 2.75) is 19.4 Å². The second-order valence-electron chi connectivity index (χ2n) is 7.11. The van der Waals surface area contributed by atoms with E-state index in [0.29, 0.717) is 37.6 Å². The summed E-state index contributed by atoms with van der Waals surface area (Å²) in [6, 6.07) is 7.61. The van der Waals surface area contributed by atoms with Crippen LogP contribution in [0.3, 0.4) is 0 Å². The number of anilines is 1. The quantitative estimate of drug-likeness (QED) is 0.683. The van der Waals surface area contributed by atoms with E-state index in [1.54, 1.807) is 0 Å². The molecule has 0 bridgehead atoms. The lowest BCUT2D eigenvalue weighted by Gasteiger charge is -2.30. The first kappa shape index (κ1) is 17.1. The Morgan fingerprint density at radius 3 is 2.89 bits per heavy atom. The van der Waals surface area contributed by atoms with Crippen molar-refractivity contribution in [1.82, 2.24) is 20.0 Å². The Morgan fingerprint density at radius 1 is 1.14 bits per heavy atom. The van der Waals surface area contributed by atoms with E-state index in [9.17, 15) is 4.79 Å². The molecule has 3 aromatic rings. The molecule has 8 nitrogen and oxygen atoms in total. The lowest BCUT2D eigenvalue weighted by atomic mass is 10.1. The molecule has 144 valence electrons. The molecule has 1 aromatic carbocycles. The second-order valence-corrected chi connectivity index (χ2v) is 7.11. The second kappa shape index (κ2) is 7.20. The highest BCUT2D eigenvalue weighted by atomic mass is 16.5. The van der Waals surface area contributed by atoms with Gasteiger partial charge in [0.05, 0.1) is 31.9 Å². The number of hydrogen-bond acceptors (Lipinski definition) is 7. The number of rotatable bonds is 3. The SMILES string of the molecule is O=C(Cc1noc2ccccc12)N1CCc2cnc(N3CCOCC3)nc2C1. The van der Waals surface area contributed by atoms with Gasteiger partial charge >= 0.3 is 0 Å². The standard InChI is InChI=1S/C20H21N5O3/c26-19(11-16-15-3-1-2-4-18(15)28-23-16)25-6-5-14-12-21-20(22-17(14)13-25)24-7-9-27-10-8-24/h1-4,12H,5-11,13H2. The number of fused-ring (bicyclic) bond motifs is 2. The highest BCUT2D eigenvalue weighted by molar-refractivity contribution is 5.86. The fourth-order valence-electron chi connectivity index (χ4n) is 3.74. The molecule has 2 aliphatic rings. The Kier molecular flexibility index (Phi) is 4.40. The van der Waals surface area contributed by atoms with E-state index < -0.39 is 0 Å². The van der Waals surface area contributed by atoms with Crippen molar-refractivity contribution in [2.24, 2.45) is 0 Å². The third-order valence-electron chi connectivity index (χ3n) is 5.35. The Hall–Kier alpha value is -3.00. The van der Waals surface area contributed by atoms with Gasteiger partial charge in [-0.3, -0.25) is 4.79 Å². The van der Waals surface area contributed by atoms with Gasteiger partial charge in [-0.05, 0) is 24.1 Å². The molecule has 4 heterocycles. The number of nitrogens with zero attached hydrogens (tertiary/aromatic N) is 5. The van der Waals surface area contributed by atoms with Gasteiger partial charge in [-0.25, -0.2) is 9.97 Å². The molecule has 8 heteroatoms. The van der Waals surface area contributed by atoms with Crippen LogP contribution in [0.4, 0.5) is 5.95 Å². The lowest BCUT2D eigenvalue weighted by molar-refractivity contribution is -0.131. The summed E-state index contributed by atoms with van der Waals surface area (Å²) in [7, 11) is 0. The Balaban J connectivity index is 1.32. The van der Waals surface area contributed by atoms with Crippen molar-refractivity contribution in [3.63, 3.8) is 0 Å². The van der Waals surface area contributed by atoms with Gasteiger partial charge in [-0.15, -0.1) is 0 Å². The summed E-state index contributed by atoms with van der Waals surface area (Å²) in [4.78, 5) is 26.1. The van der Waals surface area contributed by atoms with E-state index in [-0.39, 0.29) is 12.3 Å². The first-order valence-corrected chi connectivity index (χ1v) is 9.56. The zero-order chi connectivity index (χ0) is 18.9. The predicted molar refractivity (Wildman–Crippen MR) is 102 cm³/mol. The van der Waals surface area contributed by atoms with E-state index in [2.05, 4.69) is 15.0 Å². The minimum Gasteiger partial charge on any atom is -0.378 e. The zero-order valence-corrected chi connectivity index (χ0v) is 15.5. The molecule has 2 aliphatic heterocycles. The summed E-state index contributed by atoms with van der Waals surface area (Å²) in [5, 5.41) is 4.98. The molecule has 0 unspecified atom stereocenters. The fraction of sp³-hybridized carbons (Fsp3) is 0.400. The molecule has 1 amide bonds. The third-order valence-corrected chi connectivity index (χ3v) is 5.35. The van der Waals surface area contributed by atoms with Crippen molar-refractivity contribution in [1.29, 1.82) is 0 Å². The molecule has 1 saturated heterocycles. The molecule has 0 spiro atoms. The monoisotopic (exact) mass is 379 g/mol. The molecule has 0 saturated carbocycles. The third kappa shape index (κ3) is 3.20. The maximum atomic E-state index is 12.9. The molecule has 0 aliphatic carbocycles. The number of morpholine rings is 1. The average Bonchev–Trinajstić information content (AvgIpc) is 3.16. The molecule has 0 N–H and O–H groups in total. The van der Waals surface area contributed by atoms with Crippen molar-refractivity contribution in [3.8, 4) is 0 Å². The fourth-order valence-corrected chi connectivity index (χ4v) is 3.74. The van der Waals surface area contributed by atoms with Gasteiger partial charge < -0.3 is 19.1 Å². The topological polar surface area (TPSA) is 84.6 Å². The molecular formula is C20H21N5O3. The van der Waals surface area contributed by atoms with Gasteiger partial charge in [0.25, 0.3) is 0 Å². The van der Waals surface area contributed by atoms with Gasteiger partial charge in [0.15, 0.2) is 5.58 Å². The van der Waals surface area contributed by atoms with Gasteiger partial charge in [0, 0.05) is 31.2 Å². The van der Waals surface area contributed by atoms with Crippen LogP contribution in [0, 0.1) is 0 Å². The Morgan fingerprint density at radius 2 is 2.00 bits per heavy atom. The van der Waals surface area contributed by atoms with Crippen molar-refractivity contribution < 1.29 is 14.1 Å². The number of ether oxygens (including phenoxy) is 1. The Labute approximate surface area is 162 Å². The summed E-state index contributed by atoms with van der Waals surface area (Å²) in [6.45, 7) is 4.14. The number of aromatic nitrogens is 3. The van der Waals surface area contributed by atoms with Gasteiger partial charge in [-0.1, -0.05) is 17.3 Å². The number of hydrogen-bond donors (Lipinski definition) is 0. The summed E-state index contributed by atoms with van der Waals surface area (Å²) in [5.41, 5.74) is 3.44. The van der Waals surface area contributed by atoms with Crippen molar-refractivity contribution >= 4 is 22.8 Å². The summed E-state index contributed by atoms with van der Waals surface area (Å²) >= 11 is 0. The number of benzene rings is 1. The molecule has 1 fully saturated rings. The molecular weight excluding hydrogens is 358 g/mol. The van der Waals surface area contributed by atoms with Gasteiger partial charge in [0.1, 0.15) is 5.69 Å². The van der Waals surface area contributed by atoms with Crippen LogP contribution in [0.25, 0.3) is 11.0 Å². The van der Waals surface area contributed by atoms with Crippen LogP contribution in [0.5, 0.6) is 0 Å². The zero-order valence-electron chi connectivity index (χ0n) is 15.5. The number of carbonyl (C=O) groups excluding carboxylic acids is 1. The van der Waals surface area contributed by atoms with Gasteiger partial charge in [-0.2, -0.15) is 0 Å². The van der Waals surface area contributed by atoms with Crippen LogP contribution in [0.1, 0.15) is 17.0 Å². The highest BCUT2D eigenvalue weighted by Crippen LogP contribution is 2.22. The van der Waals surface area contributed by atoms with E-state index in [4.69, 9.17) is 14.2 Å². The van der Waals surface area contributed by atoms with E-state index >= 15 is 0 Å². The highest BCUT2D eigenvalue weighted by Gasteiger charge is 2.25. The van der Waals surface area contributed by atoms with Crippen molar-refractivity contribution in [3.05, 3.63) is 47.4 Å². The molecule has 0 atom stereocenters. The van der Waals surface area contributed by atoms with Crippen molar-refractivity contribution in [2.75, 3.05) is 37.7 Å². The van der Waals surface area contributed by atoms with Crippen LogP contribution in [0.2, 0.25) is 0 Å². The minimum atomic E-state index is 0.0382. The predicted octanol–water partition coefficient (Wildman–Crippen LogP) is 1.58. The van der Waals surface area contributed by atoms with Crippen LogP contribution in [-0.4, -0.2) is 58.8 Å². The molecule has 28 heavy (non-hydrogen) atoms. The van der Waals surface area contributed by atoms with Crippen LogP contribution in [0.15, 0.2) is 35.0 Å². The van der Waals surface area contributed by atoms with Crippen LogP contribution in [-0.2, 0) is 28.9 Å². The maximum Gasteiger partial charge on any atom is 0.229 e. The summed E-state index contributed by atoms with van der Waals surface area (Å²) in [6.07, 6.45) is 2.90. The number of carbonyl (C=O) groups is 1. The lowest BCUT2D eigenvalue weighted by Crippen LogP contribution is -2.39. The summed E-state index contributed by atoms with van der Waals surface area (Å²) < 4.78 is 10.7. The van der Waals surface area contributed by atoms with E-state index in [0.717, 1.165) is 42.1 Å². The minimum absolute atomic E-state index is 0.0382. The molecule has 5 rings (SSSR count). The smallest absolute Gasteiger partial charge is 0.229 e.